The van der Waals surface area contributed by atoms with Crippen LogP contribution in [0.3, 0.4) is 0 Å². The number of nitrogens with zero attached hydrogens (tertiary/aromatic N) is 3. The average molecular weight is 240 g/mol. The molecule has 0 aliphatic heterocycles. The number of anilines is 1. The highest BCUT2D eigenvalue weighted by molar-refractivity contribution is 5.91. The van der Waals surface area contributed by atoms with Gasteiger partial charge in [0.1, 0.15) is 18.4 Å². The lowest BCUT2D eigenvalue weighted by Gasteiger charge is -2.08. The number of carbonyl (C=O) groups is 1. The van der Waals surface area contributed by atoms with Gasteiger partial charge >= 0.3 is 0 Å². The molecule has 0 spiro atoms. The molecule has 0 unspecified atom stereocenters. The van der Waals surface area contributed by atoms with Crippen LogP contribution in [0.15, 0.2) is 36.7 Å². The van der Waals surface area contributed by atoms with Crippen molar-refractivity contribution in [2.24, 2.45) is 0 Å². The van der Waals surface area contributed by atoms with E-state index in [1.165, 1.54) is 0 Å². The SMILES string of the molecule is Cc1nccn1CC(=O)Nc1ccccc1C#N. The summed E-state index contributed by atoms with van der Waals surface area (Å²) in [6.07, 6.45) is 3.39. The van der Waals surface area contributed by atoms with E-state index in [1.807, 2.05) is 13.0 Å². The number of amides is 1. The van der Waals surface area contributed by atoms with E-state index in [0.29, 0.717) is 11.3 Å². The predicted octanol–water partition coefficient (Wildman–Crippen LogP) is 1.70. The Labute approximate surface area is 105 Å². The fourth-order valence-corrected chi connectivity index (χ4v) is 1.60. The Morgan fingerprint density at radius 1 is 1.50 bits per heavy atom. The van der Waals surface area contributed by atoms with E-state index in [0.717, 1.165) is 5.82 Å². The Hall–Kier alpha value is -2.61. The summed E-state index contributed by atoms with van der Waals surface area (Å²) < 4.78 is 1.74. The van der Waals surface area contributed by atoms with Crippen molar-refractivity contribution in [3.63, 3.8) is 0 Å². The number of aromatic nitrogens is 2. The van der Waals surface area contributed by atoms with Crippen molar-refractivity contribution in [2.45, 2.75) is 13.5 Å². The molecule has 1 N–H and O–H groups in total. The first-order valence-corrected chi connectivity index (χ1v) is 5.47. The molecule has 0 fully saturated rings. The number of benzene rings is 1. The average Bonchev–Trinajstić information content (AvgIpc) is 2.75. The van der Waals surface area contributed by atoms with E-state index in [1.54, 1.807) is 41.2 Å². The van der Waals surface area contributed by atoms with Gasteiger partial charge in [-0.1, -0.05) is 12.1 Å². The highest BCUT2D eigenvalue weighted by Gasteiger charge is 2.07. The summed E-state index contributed by atoms with van der Waals surface area (Å²) in [4.78, 5) is 15.9. The topological polar surface area (TPSA) is 70.7 Å². The van der Waals surface area contributed by atoms with E-state index < -0.39 is 0 Å². The Morgan fingerprint density at radius 3 is 2.94 bits per heavy atom. The maximum absolute atomic E-state index is 11.8. The molecule has 0 saturated carbocycles. The van der Waals surface area contributed by atoms with Gasteiger partial charge in [0.25, 0.3) is 0 Å². The number of para-hydroxylation sites is 1. The molecule has 5 heteroatoms. The Morgan fingerprint density at radius 2 is 2.28 bits per heavy atom. The molecule has 1 amide bonds. The molecule has 0 radical (unpaired) electrons. The van der Waals surface area contributed by atoms with Crippen LogP contribution in [-0.4, -0.2) is 15.5 Å². The van der Waals surface area contributed by atoms with Gasteiger partial charge in [0.05, 0.1) is 11.3 Å². The standard InChI is InChI=1S/C13H12N4O/c1-10-15-6-7-17(10)9-13(18)16-12-5-3-2-4-11(12)8-14/h2-7H,9H2,1H3,(H,16,18). The van der Waals surface area contributed by atoms with Crippen LogP contribution in [-0.2, 0) is 11.3 Å². The summed E-state index contributed by atoms with van der Waals surface area (Å²) in [5, 5.41) is 11.6. The Kier molecular flexibility index (Phi) is 3.39. The van der Waals surface area contributed by atoms with Crippen LogP contribution in [0.25, 0.3) is 0 Å². The van der Waals surface area contributed by atoms with Gasteiger partial charge in [-0.15, -0.1) is 0 Å². The summed E-state index contributed by atoms with van der Waals surface area (Å²) >= 11 is 0. The molecule has 0 bridgehead atoms. The fourth-order valence-electron chi connectivity index (χ4n) is 1.60. The molecule has 0 aliphatic rings. The lowest BCUT2D eigenvalue weighted by Crippen LogP contribution is -2.19. The lowest BCUT2D eigenvalue weighted by atomic mass is 10.2. The largest absolute Gasteiger partial charge is 0.326 e. The zero-order valence-corrected chi connectivity index (χ0v) is 9.92. The normalized spacial score (nSPS) is 9.78. The summed E-state index contributed by atoms with van der Waals surface area (Å²) in [5.41, 5.74) is 0.982. The molecule has 2 rings (SSSR count). The first kappa shape index (κ1) is 11.9. The van der Waals surface area contributed by atoms with Crippen molar-refractivity contribution < 1.29 is 4.79 Å². The smallest absolute Gasteiger partial charge is 0.244 e. The molecule has 0 saturated heterocycles. The number of aryl methyl sites for hydroxylation is 1. The van der Waals surface area contributed by atoms with Crippen LogP contribution in [0, 0.1) is 18.3 Å². The minimum atomic E-state index is -0.182. The van der Waals surface area contributed by atoms with Crippen LogP contribution in [0.1, 0.15) is 11.4 Å². The molecule has 0 aliphatic carbocycles. The lowest BCUT2D eigenvalue weighted by molar-refractivity contribution is -0.116. The second-order valence-corrected chi connectivity index (χ2v) is 3.81. The predicted molar refractivity (Wildman–Crippen MR) is 66.8 cm³/mol. The number of imidazole rings is 1. The van der Waals surface area contributed by atoms with E-state index >= 15 is 0 Å². The van der Waals surface area contributed by atoms with Crippen molar-refractivity contribution in [3.05, 3.63) is 48.0 Å². The van der Waals surface area contributed by atoms with Gasteiger partial charge in [-0.2, -0.15) is 5.26 Å². The van der Waals surface area contributed by atoms with Crippen LogP contribution >= 0.6 is 0 Å². The third-order valence-corrected chi connectivity index (χ3v) is 2.56. The molecule has 0 atom stereocenters. The molecular weight excluding hydrogens is 228 g/mol. The van der Waals surface area contributed by atoms with Gasteiger partial charge in [-0.25, -0.2) is 4.98 Å². The first-order chi connectivity index (χ1) is 8.70. The number of nitriles is 1. The van der Waals surface area contributed by atoms with Gasteiger partial charge in [0.2, 0.25) is 5.91 Å². The van der Waals surface area contributed by atoms with Crippen LogP contribution in [0.2, 0.25) is 0 Å². The summed E-state index contributed by atoms with van der Waals surface area (Å²) in [6.45, 7) is 2.02. The second-order valence-electron chi connectivity index (χ2n) is 3.81. The second kappa shape index (κ2) is 5.15. The van der Waals surface area contributed by atoms with E-state index in [-0.39, 0.29) is 12.5 Å². The van der Waals surface area contributed by atoms with Gasteiger partial charge in [0, 0.05) is 12.4 Å². The molecule has 18 heavy (non-hydrogen) atoms. The van der Waals surface area contributed by atoms with Crippen LogP contribution in [0.5, 0.6) is 0 Å². The molecule has 5 nitrogen and oxygen atoms in total. The van der Waals surface area contributed by atoms with Gasteiger partial charge in [-0.3, -0.25) is 4.79 Å². The van der Waals surface area contributed by atoms with E-state index in [9.17, 15) is 4.79 Å². The van der Waals surface area contributed by atoms with Crippen molar-refractivity contribution in [1.29, 1.82) is 5.26 Å². The van der Waals surface area contributed by atoms with E-state index in [2.05, 4.69) is 10.3 Å². The number of carbonyl (C=O) groups excluding carboxylic acids is 1. The fraction of sp³-hybridized carbons (Fsp3) is 0.154. The van der Waals surface area contributed by atoms with Crippen molar-refractivity contribution in [3.8, 4) is 6.07 Å². The molecular formula is C13H12N4O. The summed E-state index contributed by atoms with van der Waals surface area (Å²) in [6, 6.07) is 8.94. The minimum absolute atomic E-state index is 0.182. The maximum atomic E-state index is 11.8. The van der Waals surface area contributed by atoms with Crippen molar-refractivity contribution in [1.82, 2.24) is 9.55 Å². The minimum Gasteiger partial charge on any atom is -0.326 e. The number of rotatable bonds is 3. The molecule has 1 aromatic heterocycles. The maximum Gasteiger partial charge on any atom is 0.244 e. The third-order valence-electron chi connectivity index (χ3n) is 2.56. The van der Waals surface area contributed by atoms with Gasteiger partial charge in [0.15, 0.2) is 0 Å². The summed E-state index contributed by atoms with van der Waals surface area (Å²) in [5.74, 6) is 0.595. The Balaban J connectivity index is 2.08. The molecule has 2 aromatic rings. The molecule has 90 valence electrons. The zero-order chi connectivity index (χ0) is 13.0. The first-order valence-electron chi connectivity index (χ1n) is 5.47. The van der Waals surface area contributed by atoms with Crippen molar-refractivity contribution in [2.75, 3.05) is 5.32 Å². The Bertz CT molecular complexity index is 609. The highest BCUT2D eigenvalue weighted by Crippen LogP contribution is 2.13. The molecule has 1 heterocycles. The van der Waals surface area contributed by atoms with Crippen molar-refractivity contribution >= 4 is 11.6 Å². The van der Waals surface area contributed by atoms with Gasteiger partial charge < -0.3 is 9.88 Å². The third kappa shape index (κ3) is 2.55. The zero-order valence-electron chi connectivity index (χ0n) is 9.92. The highest BCUT2D eigenvalue weighted by atomic mass is 16.1. The summed E-state index contributed by atoms with van der Waals surface area (Å²) in [7, 11) is 0. The van der Waals surface area contributed by atoms with Crippen LogP contribution < -0.4 is 5.32 Å². The number of hydrogen-bond acceptors (Lipinski definition) is 3. The number of hydrogen-bond donors (Lipinski definition) is 1. The number of nitrogens with one attached hydrogen (secondary N) is 1. The quantitative estimate of drug-likeness (QED) is 0.887. The van der Waals surface area contributed by atoms with Crippen LogP contribution in [0.4, 0.5) is 5.69 Å². The van der Waals surface area contributed by atoms with Gasteiger partial charge in [-0.05, 0) is 19.1 Å². The van der Waals surface area contributed by atoms with E-state index in [4.69, 9.17) is 5.26 Å². The molecule has 1 aromatic carbocycles. The monoisotopic (exact) mass is 240 g/mol.